The van der Waals surface area contributed by atoms with E-state index in [0.717, 1.165) is 5.56 Å². The first kappa shape index (κ1) is 14.5. The zero-order chi connectivity index (χ0) is 14.4. The first-order chi connectivity index (χ1) is 8.73. The quantitative estimate of drug-likeness (QED) is 0.905. The van der Waals surface area contributed by atoms with Gasteiger partial charge in [-0.1, -0.05) is 6.07 Å². The van der Waals surface area contributed by atoms with E-state index in [2.05, 4.69) is 33.8 Å². The Morgan fingerprint density at radius 2 is 1.68 bits per heavy atom. The molecule has 1 aromatic carbocycles. The van der Waals surface area contributed by atoms with Crippen LogP contribution in [0.4, 0.5) is 0 Å². The molecule has 3 nitrogen and oxygen atoms in total. The minimum absolute atomic E-state index is 0.0589. The first-order valence-electron chi connectivity index (χ1n) is 6.76. The van der Waals surface area contributed by atoms with Crippen LogP contribution < -0.4 is 5.73 Å². The second kappa shape index (κ2) is 4.91. The molecule has 0 bridgehead atoms. The van der Waals surface area contributed by atoms with Crippen molar-refractivity contribution in [3.8, 4) is 0 Å². The van der Waals surface area contributed by atoms with Crippen molar-refractivity contribution in [1.29, 1.82) is 0 Å². The fraction of sp³-hybridized carbons (Fsp3) is 0.600. The minimum atomic E-state index is -2.87. The molecule has 106 valence electrons. The van der Waals surface area contributed by atoms with Crippen LogP contribution in [0.5, 0.6) is 0 Å². The van der Waals surface area contributed by atoms with Gasteiger partial charge in [0.15, 0.2) is 9.84 Å². The Labute approximate surface area is 116 Å². The molecule has 0 aromatic heterocycles. The molecule has 1 saturated heterocycles. The fourth-order valence-electron chi connectivity index (χ4n) is 3.09. The molecule has 0 saturated carbocycles. The Bertz CT molecular complexity index is 579. The van der Waals surface area contributed by atoms with E-state index in [-0.39, 0.29) is 23.5 Å². The van der Waals surface area contributed by atoms with Gasteiger partial charge in [-0.05, 0) is 67.9 Å². The molecule has 1 aliphatic rings. The Morgan fingerprint density at radius 3 is 2.11 bits per heavy atom. The van der Waals surface area contributed by atoms with Crippen LogP contribution >= 0.6 is 0 Å². The van der Waals surface area contributed by atoms with Crippen molar-refractivity contribution in [2.45, 2.75) is 40.2 Å². The molecule has 0 spiro atoms. The molecule has 2 unspecified atom stereocenters. The number of sulfone groups is 1. The van der Waals surface area contributed by atoms with Gasteiger partial charge in [0, 0.05) is 6.04 Å². The molecular weight excluding hydrogens is 258 g/mol. The molecule has 19 heavy (non-hydrogen) atoms. The summed E-state index contributed by atoms with van der Waals surface area (Å²) in [6.45, 7) is 8.34. The molecular formula is C15H23NO2S. The molecule has 2 rings (SSSR count). The maximum absolute atomic E-state index is 11.6. The summed E-state index contributed by atoms with van der Waals surface area (Å²) >= 11 is 0. The van der Waals surface area contributed by atoms with Crippen molar-refractivity contribution < 1.29 is 8.42 Å². The monoisotopic (exact) mass is 281 g/mol. The van der Waals surface area contributed by atoms with Crippen LogP contribution in [0.2, 0.25) is 0 Å². The van der Waals surface area contributed by atoms with E-state index in [9.17, 15) is 8.42 Å². The Kier molecular flexibility index (Phi) is 3.76. The second-order valence-corrected chi connectivity index (χ2v) is 8.09. The molecule has 4 heteroatoms. The predicted octanol–water partition coefficient (Wildman–Crippen LogP) is 2.35. The van der Waals surface area contributed by atoms with E-state index in [1.807, 2.05) is 0 Å². The zero-order valence-corrected chi connectivity index (χ0v) is 13.0. The van der Waals surface area contributed by atoms with E-state index < -0.39 is 9.84 Å². The average Bonchev–Trinajstić information content (AvgIpc) is 2.67. The molecule has 0 aliphatic carbocycles. The number of aryl methyl sites for hydroxylation is 2. The normalized spacial score (nSPS) is 23.5. The highest BCUT2D eigenvalue weighted by Crippen LogP contribution is 2.34. The van der Waals surface area contributed by atoms with Crippen LogP contribution in [0.1, 0.15) is 40.3 Å². The summed E-state index contributed by atoms with van der Waals surface area (Å²) in [5.74, 6) is 0.581. The highest BCUT2D eigenvalue weighted by molar-refractivity contribution is 7.91. The Morgan fingerprint density at radius 1 is 1.16 bits per heavy atom. The summed E-state index contributed by atoms with van der Waals surface area (Å²) in [5, 5.41) is 0. The summed E-state index contributed by atoms with van der Waals surface area (Å²) < 4.78 is 23.2. The zero-order valence-electron chi connectivity index (χ0n) is 12.2. The summed E-state index contributed by atoms with van der Waals surface area (Å²) in [7, 11) is -2.87. The first-order valence-corrected chi connectivity index (χ1v) is 8.58. The second-order valence-electron chi connectivity index (χ2n) is 5.86. The van der Waals surface area contributed by atoms with Gasteiger partial charge in [0.1, 0.15) is 0 Å². The maximum atomic E-state index is 11.6. The third-order valence-corrected chi connectivity index (χ3v) is 6.33. The van der Waals surface area contributed by atoms with Crippen LogP contribution in [0, 0.1) is 33.6 Å². The number of nitrogens with two attached hydrogens (primary N) is 1. The summed E-state index contributed by atoms with van der Waals surface area (Å²) in [5.41, 5.74) is 12.4. The van der Waals surface area contributed by atoms with Crippen LogP contribution in [0.3, 0.4) is 0 Å². The number of rotatable bonds is 2. The van der Waals surface area contributed by atoms with Gasteiger partial charge in [0.2, 0.25) is 0 Å². The van der Waals surface area contributed by atoms with E-state index in [0.29, 0.717) is 6.42 Å². The predicted molar refractivity (Wildman–Crippen MR) is 79.1 cm³/mol. The Balaban J connectivity index is 2.42. The van der Waals surface area contributed by atoms with E-state index >= 15 is 0 Å². The lowest BCUT2D eigenvalue weighted by atomic mass is 9.84. The van der Waals surface area contributed by atoms with Crippen molar-refractivity contribution in [3.63, 3.8) is 0 Å². The number of benzene rings is 1. The standard InChI is InChI=1S/C15H23NO2S/c1-9-7-10(2)12(4)14(11(9)3)15(16)13-5-6-19(17,18)8-13/h7,13,15H,5-6,8,16H2,1-4H3. The smallest absolute Gasteiger partial charge is 0.150 e. The molecule has 1 fully saturated rings. The van der Waals surface area contributed by atoms with E-state index in [1.54, 1.807) is 0 Å². The van der Waals surface area contributed by atoms with Crippen LogP contribution in [0.15, 0.2) is 6.07 Å². The number of hydrogen-bond acceptors (Lipinski definition) is 3. The van der Waals surface area contributed by atoms with Gasteiger partial charge in [-0.2, -0.15) is 0 Å². The summed E-state index contributed by atoms with van der Waals surface area (Å²) in [6.07, 6.45) is 0.690. The van der Waals surface area contributed by atoms with Gasteiger partial charge in [-0.3, -0.25) is 0 Å². The fourth-order valence-corrected chi connectivity index (χ4v) is 4.94. The number of hydrogen-bond donors (Lipinski definition) is 1. The highest BCUT2D eigenvalue weighted by atomic mass is 32.2. The lowest BCUT2D eigenvalue weighted by Gasteiger charge is -2.25. The molecule has 2 atom stereocenters. The molecule has 2 N–H and O–H groups in total. The molecule has 0 amide bonds. The molecule has 1 aliphatic heterocycles. The van der Waals surface area contributed by atoms with Crippen molar-refractivity contribution in [3.05, 3.63) is 33.9 Å². The molecule has 1 heterocycles. The van der Waals surface area contributed by atoms with Gasteiger partial charge < -0.3 is 5.73 Å². The van der Waals surface area contributed by atoms with Crippen molar-refractivity contribution in [2.75, 3.05) is 11.5 Å². The summed E-state index contributed by atoms with van der Waals surface area (Å²) in [6, 6.07) is 2.00. The minimum Gasteiger partial charge on any atom is -0.324 e. The van der Waals surface area contributed by atoms with E-state index in [4.69, 9.17) is 5.73 Å². The van der Waals surface area contributed by atoms with E-state index in [1.165, 1.54) is 22.3 Å². The lowest BCUT2D eigenvalue weighted by molar-refractivity contribution is 0.476. The lowest BCUT2D eigenvalue weighted by Crippen LogP contribution is -2.25. The SMILES string of the molecule is Cc1cc(C)c(C)c(C(N)C2CCS(=O)(=O)C2)c1C. The molecule has 1 aromatic rings. The van der Waals surface area contributed by atoms with Gasteiger partial charge in [-0.15, -0.1) is 0 Å². The third kappa shape index (κ3) is 2.70. The highest BCUT2D eigenvalue weighted by Gasteiger charge is 2.34. The third-order valence-electron chi connectivity index (χ3n) is 4.53. The topological polar surface area (TPSA) is 60.2 Å². The Hall–Kier alpha value is -0.870. The van der Waals surface area contributed by atoms with Crippen molar-refractivity contribution in [1.82, 2.24) is 0 Å². The van der Waals surface area contributed by atoms with Crippen molar-refractivity contribution in [2.24, 2.45) is 11.7 Å². The van der Waals surface area contributed by atoms with Crippen LogP contribution in [0.25, 0.3) is 0 Å². The largest absolute Gasteiger partial charge is 0.324 e. The maximum Gasteiger partial charge on any atom is 0.150 e. The van der Waals surface area contributed by atoms with Gasteiger partial charge in [0.25, 0.3) is 0 Å². The van der Waals surface area contributed by atoms with Crippen LogP contribution in [-0.4, -0.2) is 19.9 Å². The molecule has 0 radical (unpaired) electrons. The van der Waals surface area contributed by atoms with Gasteiger partial charge in [-0.25, -0.2) is 8.42 Å². The van der Waals surface area contributed by atoms with Crippen molar-refractivity contribution >= 4 is 9.84 Å². The van der Waals surface area contributed by atoms with Crippen LogP contribution in [-0.2, 0) is 9.84 Å². The summed E-state index contributed by atoms with van der Waals surface area (Å²) in [4.78, 5) is 0. The van der Waals surface area contributed by atoms with Gasteiger partial charge >= 0.3 is 0 Å². The average molecular weight is 281 g/mol. The van der Waals surface area contributed by atoms with Gasteiger partial charge in [0.05, 0.1) is 11.5 Å².